The van der Waals surface area contributed by atoms with Gasteiger partial charge in [-0.3, -0.25) is 0 Å². The normalized spacial score (nSPS) is 21.8. The summed E-state index contributed by atoms with van der Waals surface area (Å²) in [6.07, 6.45) is 1.94. The highest BCUT2D eigenvalue weighted by Gasteiger charge is 2.30. The second-order valence-corrected chi connectivity index (χ2v) is 6.80. The Kier molecular flexibility index (Phi) is 4.89. The van der Waals surface area contributed by atoms with E-state index in [-0.39, 0.29) is 18.5 Å². The van der Waals surface area contributed by atoms with E-state index in [0.29, 0.717) is 42.8 Å². The Hall–Kier alpha value is -2.74. The first-order chi connectivity index (χ1) is 13.1. The minimum absolute atomic E-state index is 0.0277. The lowest BCUT2D eigenvalue weighted by Crippen LogP contribution is -2.42. The maximum absolute atomic E-state index is 13.2. The van der Waals surface area contributed by atoms with Gasteiger partial charge >= 0.3 is 6.09 Å². The van der Waals surface area contributed by atoms with Gasteiger partial charge in [0.1, 0.15) is 24.4 Å². The molecule has 2 aliphatic rings. The zero-order chi connectivity index (χ0) is 18.8. The van der Waals surface area contributed by atoms with Gasteiger partial charge < -0.3 is 19.4 Å². The Labute approximate surface area is 156 Å². The van der Waals surface area contributed by atoms with Crippen molar-refractivity contribution in [1.29, 1.82) is 0 Å². The predicted molar refractivity (Wildman–Crippen MR) is 96.6 cm³/mol. The lowest BCUT2D eigenvalue weighted by molar-refractivity contribution is -0.0331. The van der Waals surface area contributed by atoms with Gasteiger partial charge in [-0.15, -0.1) is 0 Å². The van der Waals surface area contributed by atoms with E-state index in [1.165, 1.54) is 12.1 Å². The maximum Gasteiger partial charge on any atom is 0.410 e. The number of ether oxygens (including phenoxy) is 2. The first kappa shape index (κ1) is 17.7. The number of H-pyrrole nitrogens is 1. The Morgan fingerprint density at radius 2 is 2.37 bits per heavy atom. The quantitative estimate of drug-likeness (QED) is 0.895. The molecule has 0 aliphatic carbocycles. The monoisotopic (exact) mass is 372 g/mol. The van der Waals surface area contributed by atoms with Gasteiger partial charge in [-0.05, 0) is 24.1 Å². The van der Waals surface area contributed by atoms with Gasteiger partial charge in [0.05, 0.1) is 18.8 Å². The van der Waals surface area contributed by atoms with Crippen LogP contribution in [0.3, 0.4) is 0 Å². The molecule has 2 atom stereocenters. The third-order valence-corrected chi connectivity index (χ3v) is 4.78. The van der Waals surface area contributed by atoms with Gasteiger partial charge in [0, 0.05) is 18.7 Å². The summed E-state index contributed by atoms with van der Waals surface area (Å²) in [5.41, 5.74) is 1.61. The number of hydrogen-bond donors (Lipinski definition) is 1. The molecule has 8 heteroatoms. The molecular weight excluding hydrogens is 351 g/mol. The average molecular weight is 372 g/mol. The number of imidazole rings is 1. The molecule has 142 valence electrons. The summed E-state index contributed by atoms with van der Waals surface area (Å²) in [5, 5.41) is 0. The molecule has 3 heterocycles. The van der Waals surface area contributed by atoms with Crippen molar-refractivity contribution in [2.75, 3.05) is 19.7 Å². The number of amides is 1. The molecule has 1 aromatic heterocycles. The highest BCUT2D eigenvalue weighted by atomic mass is 19.1. The van der Waals surface area contributed by atoms with Gasteiger partial charge in [-0.1, -0.05) is 19.1 Å². The molecule has 1 N–H and O–H groups in total. The number of rotatable bonds is 3. The average Bonchev–Trinajstić information content (AvgIpc) is 3.12. The van der Waals surface area contributed by atoms with Gasteiger partial charge in [-0.25, -0.2) is 19.2 Å². The number of aromatic nitrogens is 2. The molecule has 1 aromatic carbocycles. The highest BCUT2D eigenvalue weighted by Crippen LogP contribution is 2.32. The topological polar surface area (TPSA) is 79.8 Å². The Bertz CT molecular complexity index is 866. The third-order valence-electron chi connectivity index (χ3n) is 4.78. The van der Waals surface area contributed by atoms with Gasteiger partial charge in [0.25, 0.3) is 0 Å². The first-order valence-corrected chi connectivity index (χ1v) is 9.00. The predicted octanol–water partition coefficient (Wildman–Crippen LogP) is 3.47. The van der Waals surface area contributed by atoms with E-state index < -0.39 is 6.09 Å². The number of hydrogen-bond acceptors (Lipinski definition) is 5. The van der Waals surface area contributed by atoms with Crippen molar-refractivity contribution in [1.82, 2.24) is 14.9 Å². The van der Waals surface area contributed by atoms with Crippen molar-refractivity contribution >= 4 is 18.1 Å². The fourth-order valence-electron chi connectivity index (χ4n) is 3.25. The van der Waals surface area contributed by atoms with Crippen LogP contribution in [0.1, 0.15) is 42.4 Å². The second kappa shape index (κ2) is 7.48. The van der Waals surface area contributed by atoms with Gasteiger partial charge in [0.2, 0.25) is 0 Å². The van der Waals surface area contributed by atoms with Crippen molar-refractivity contribution in [3.63, 3.8) is 0 Å². The Morgan fingerprint density at radius 3 is 3.19 bits per heavy atom. The van der Waals surface area contributed by atoms with Crippen LogP contribution in [0.2, 0.25) is 0 Å². The van der Waals surface area contributed by atoms with E-state index in [1.807, 2.05) is 6.21 Å². The summed E-state index contributed by atoms with van der Waals surface area (Å²) < 4.78 is 24.3. The number of carbonyl (C=O) groups is 1. The number of morpholine rings is 1. The molecule has 2 aromatic rings. The molecule has 7 nitrogen and oxygen atoms in total. The van der Waals surface area contributed by atoms with E-state index in [9.17, 15) is 9.18 Å². The molecule has 0 saturated carbocycles. The molecule has 4 rings (SSSR count). The van der Waals surface area contributed by atoms with Crippen molar-refractivity contribution in [2.24, 2.45) is 4.99 Å². The standard InChI is InChI=1S/C19H21FN4O3/c1-12-5-6-21-18-16(12)22-17(23-18)15-10-24(7-8-26-15)19(25)27-11-13-3-2-4-14(20)9-13/h2-4,6,9,12,15H,5,7-8,10-11H2,1H3,(H,22,23)/t12?,15-/m0/s1. The number of fused-ring (bicyclic) bond motifs is 1. The van der Waals surface area contributed by atoms with Crippen LogP contribution in [0.25, 0.3) is 0 Å². The molecule has 2 aliphatic heterocycles. The molecule has 0 spiro atoms. The van der Waals surface area contributed by atoms with Gasteiger partial charge in [-0.2, -0.15) is 0 Å². The van der Waals surface area contributed by atoms with Crippen molar-refractivity contribution in [2.45, 2.75) is 32.0 Å². The van der Waals surface area contributed by atoms with Crippen LogP contribution in [0.5, 0.6) is 0 Å². The Morgan fingerprint density at radius 1 is 1.48 bits per heavy atom. The fraction of sp³-hybridized carbons (Fsp3) is 0.421. The third kappa shape index (κ3) is 3.85. The van der Waals surface area contributed by atoms with Crippen LogP contribution < -0.4 is 0 Å². The number of aromatic amines is 1. The minimum Gasteiger partial charge on any atom is -0.445 e. The molecular formula is C19H21FN4O3. The number of nitrogens with zero attached hydrogens (tertiary/aromatic N) is 3. The van der Waals surface area contributed by atoms with E-state index in [2.05, 4.69) is 21.9 Å². The SMILES string of the molecule is CC1CC=Nc2nc([C@@H]3CN(C(=O)OCc4cccc(F)c4)CCO3)[nH]c21. The van der Waals surface area contributed by atoms with Crippen LogP contribution in [0.15, 0.2) is 29.3 Å². The van der Waals surface area contributed by atoms with Crippen LogP contribution >= 0.6 is 0 Å². The zero-order valence-corrected chi connectivity index (χ0v) is 15.0. The summed E-state index contributed by atoms with van der Waals surface area (Å²) >= 11 is 0. The molecule has 1 fully saturated rings. The minimum atomic E-state index is -0.449. The maximum atomic E-state index is 13.2. The Balaban J connectivity index is 1.39. The summed E-state index contributed by atoms with van der Waals surface area (Å²) in [7, 11) is 0. The van der Waals surface area contributed by atoms with Gasteiger partial charge in [0.15, 0.2) is 5.82 Å². The van der Waals surface area contributed by atoms with Crippen LogP contribution in [0.4, 0.5) is 15.0 Å². The second-order valence-electron chi connectivity index (χ2n) is 6.80. The van der Waals surface area contributed by atoms with Crippen molar-refractivity contribution < 1.29 is 18.7 Å². The summed E-state index contributed by atoms with van der Waals surface area (Å²) in [4.78, 5) is 26.1. The smallest absolute Gasteiger partial charge is 0.410 e. The van der Waals surface area contributed by atoms with E-state index >= 15 is 0 Å². The summed E-state index contributed by atoms with van der Waals surface area (Å²) in [6.45, 7) is 3.31. The fourth-order valence-corrected chi connectivity index (χ4v) is 3.25. The van der Waals surface area contributed by atoms with Crippen LogP contribution in [-0.2, 0) is 16.1 Å². The zero-order valence-electron chi connectivity index (χ0n) is 15.0. The van der Waals surface area contributed by atoms with E-state index in [1.54, 1.807) is 17.0 Å². The molecule has 27 heavy (non-hydrogen) atoms. The number of halogens is 1. The number of carbonyl (C=O) groups excluding carboxylic acids is 1. The molecule has 1 amide bonds. The lowest BCUT2D eigenvalue weighted by atomic mass is 10.0. The van der Waals surface area contributed by atoms with Crippen LogP contribution in [0, 0.1) is 5.82 Å². The molecule has 0 bridgehead atoms. The number of nitrogens with one attached hydrogen (secondary N) is 1. The van der Waals surface area contributed by atoms with E-state index in [0.717, 1.165) is 12.1 Å². The van der Waals surface area contributed by atoms with Crippen molar-refractivity contribution in [3.8, 4) is 0 Å². The number of aliphatic imine (C=N–C) groups is 1. The molecule has 0 radical (unpaired) electrons. The van der Waals surface area contributed by atoms with Crippen LogP contribution in [-0.4, -0.2) is 46.9 Å². The first-order valence-electron chi connectivity index (χ1n) is 9.00. The molecule has 1 unspecified atom stereocenters. The lowest BCUT2D eigenvalue weighted by Gasteiger charge is -2.31. The van der Waals surface area contributed by atoms with Crippen molar-refractivity contribution in [3.05, 3.63) is 47.2 Å². The highest BCUT2D eigenvalue weighted by molar-refractivity contribution is 5.68. The van der Waals surface area contributed by atoms with E-state index in [4.69, 9.17) is 9.47 Å². The summed E-state index contributed by atoms with van der Waals surface area (Å²) in [6, 6.07) is 6.01. The molecule has 1 saturated heterocycles. The summed E-state index contributed by atoms with van der Waals surface area (Å²) in [5.74, 6) is 1.34. The number of benzene rings is 1. The largest absolute Gasteiger partial charge is 0.445 e.